The van der Waals surface area contributed by atoms with Crippen LogP contribution in [0.1, 0.15) is 36.2 Å². The number of aliphatic carboxylic acids is 1. The van der Waals surface area contributed by atoms with Crippen LogP contribution in [-0.4, -0.2) is 31.0 Å². The maximum absolute atomic E-state index is 11.6. The van der Waals surface area contributed by atoms with E-state index in [2.05, 4.69) is 4.98 Å². The maximum Gasteiger partial charge on any atom is 0.304 e. The van der Waals surface area contributed by atoms with Crippen LogP contribution in [0.25, 0.3) is 0 Å². The van der Waals surface area contributed by atoms with Gasteiger partial charge in [-0.2, -0.15) is 0 Å². The lowest BCUT2D eigenvalue weighted by molar-refractivity contribution is -0.138. The minimum Gasteiger partial charge on any atom is -0.481 e. The molecule has 2 heterocycles. The molecule has 0 unspecified atom stereocenters. The van der Waals surface area contributed by atoms with Gasteiger partial charge in [-0.05, 0) is 25.7 Å². The average Bonchev–Trinajstić information content (AvgIpc) is 3.04. The number of fused-ring (bicyclic) bond motifs is 3. The summed E-state index contributed by atoms with van der Waals surface area (Å²) in [5.74, 6) is -0.906. The van der Waals surface area contributed by atoms with E-state index in [4.69, 9.17) is 0 Å². The van der Waals surface area contributed by atoms with Crippen LogP contribution in [0.4, 0.5) is 0 Å². The molecule has 2 aliphatic rings. The Morgan fingerprint density at radius 3 is 2.78 bits per heavy atom. The van der Waals surface area contributed by atoms with Crippen LogP contribution in [0.5, 0.6) is 0 Å². The second-order valence-electron chi connectivity index (χ2n) is 6.13. The van der Waals surface area contributed by atoms with Crippen LogP contribution in [0.2, 0.25) is 0 Å². The van der Waals surface area contributed by atoms with E-state index in [9.17, 15) is 15.0 Å². The van der Waals surface area contributed by atoms with Gasteiger partial charge < -0.3 is 10.2 Å². The summed E-state index contributed by atoms with van der Waals surface area (Å²) in [6.07, 6.45) is 3.92. The van der Waals surface area contributed by atoms with Gasteiger partial charge in [0.2, 0.25) is 0 Å². The third-order valence-corrected chi connectivity index (χ3v) is 5.96. The second kappa shape index (κ2) is 5.39. The van der Waals surface area contributed by atoms with Crippen molar-refractivity contribution in [3.8, 4) is 0 Å². The van der Waals surface area contributed by atoms with Gasteiger partial charge in [-0.1, -0.05) is 42.1 Å². The fraction of sp³-hybridized carbons (Fsp3) is 0.412. The zero-order valence-corrected chi connectivity index (χ0v) is 13.4. The highest BCUT2D eigenvalue weighted by molar-refractivity contribution is 8.00. The molecule has 0 saturated carbocycles. The molecule has 2 aromatic rings. The van der Waals surface area contributed by atoms with E-state index in [1.165, 1.54) is 11.8 Å². The largest absolute Gasteiger partial charge is 0.481 e. The van der Waals surface area contributed by atoms with Gasteiger partial charge in [0.1, 0.15) is 0 Å². The third-order valence-electron chi connectivity index (χ3n) is 4.70. The molecule has 2 N–H and O–H groups in total. The van der Waals surface area contributed by atoms with E-state index in [1.54, 1.807) is 0 Å². The number of carboxylic acids is 1. The van der Waals surface area contributed by atoms with Crippen molar-refractivity contribution < 1.29 is 15.0 Å². The summed E-state index contributed by atoms with van der Waals surface area (Å²) in [6, 6.07) is 9.36. The van der Waals surface area contributed by atoms with Crippen molar-refractivity contribution in [2.75, 3.05) is 0 Å². The number of thioether (sulfide) groups is 1. The smallest absolute Gasteiger partial charge is 0.304 e. The molecule has 2 atom stereocenters. The molecule has 0 amide bonds. The predicted octanol–water partition coefficient (Wildman–Crippen LogP) is 2.40. The second-order valence-corrected chi connectivity index (χ2v) is 7.30. The van der Waals surface area contributed by atoms with Crippen LogP contribution < -0.4 is 0 Å². The van der Waals surface area contributed by atoms with Gasteiger partial charge >= 0.3 is 5.97 Å². The molecule has 1 aromatic heterocycles. The lowest BCUT2D eigenvalue weighted by Crippen LogP contribution is -2.42. The van der Waals surface area contributed by atoms with Crippen molar-refractivity contribution in [2.45, 2.75) is 48.2 Å². The molecule has 0 fully saturated rings. The summed E-state index contributed by atoms with van der Waals surface area (Å²) in [5, 5.41) is 21.1. The van der Waals surface area contributed by atoms with E-state index >= 15 is 0 Å². The predicted molar refractivity (Wildman–Crippen MR) is 86.5 cm³/mol. The van der Waals surface area contributed by atoms with E-state index < -0.39 is 16.9 Å². The van der Waals surface area contributed by atoms with E-state index in [-0.39, 0.29) is 6.42 Å². The number of imidazole rings is 1. The highest BCUT2D eigenvalue weighted by Crippen LogP contribution is 2.49. The molecular formula is C17H18N2O3S. The van der Waals surface area contributed by atoms with Crippen molar-refractivity contribution in [1.82, 2.24) is 9.55 Å². The number of hydrogen-bond acceptors (Lipinski definition) is 4. The van der Waals surface area contributed by atoms with E-state index in [1.807, 2.05) is 34.9 Å². The minimum atomic E-state index is -1.35. The van der Waals surface area contributed by atoms with Gasteiger partial charge in [-0.3, -0.25) is 9.36 Å². The zero-order chi connectivity index (χ0) is 16.0. The quantitative estimate of drug-likeness (QED) is 0.904. The Morgan fingerprint density at radius 1 is 1.30 bits per heavy atom. The molecule has 23 heavy (non-hydrogen) atoms. The lowest BCUT2D eigenvalue weighted by atomic mass is 9.94. The van der Waals surface area contributed by atoms with E-state index in [0.717, 1.165) is 47.8 Å². The monoisotopic (exact) mass is 330 g/mol. The summed E-state index contributed by atoms with van der Waals surface area (Å²) in [7, 11) is 0. The number of benzene rings is 1. The highest BCUT2D eigenvalue weighted by atomic mass is 32.2. The molecule has 0 saturated heterocycles. The van der Waals surface area contributed by atoms with Crippen LogP contribution in [-0.2, 0) is 23.4 Å². The van der Waals surface area contributed by atoms with Gasteiger partial charge in [-0.25, -0.2) is 4.98 Å². The Bertz CT molecular complexity index is 759. The van der Waals surface area contributed by atoms with Crippen LogP contribution in [0, 0.1) is 0 Å². The van der Waals surface area contributed by atoms with E-state index in [0.29, 0.717) is 0 Å². The van der Waals surface area contributed by atoms with Gasteiger partial charge in [-0.15, -0.1) is 0 Å². The summed E-state index contributed by atoms with van der Waals surface area (Å²) in [4.78, 5) is 16.0. The minimum absolute atomic E-state index is 0.103. The Morgan fingerprint density at radius 2 is 2.04 bits per heavy atom. The van der Waals surface area contributed by atoms with Crippen LogP contribution in [0.15, 0.2) is 35.5 Å². The summed E-state index contributed by atoms with van der Waals surface area (Å²) >= 11 is 1.38. The molecular weight excluding hydrogens is 312 g/mol. The maximum atomic E-state index is 11.6. The van der Waals surface area contributed by atoms with Crippen molar-refractivity contribution in [1.29, 1.82) is 0 Å². The topological polar surface area (TPSA) is 75.3 Å². The first-order chi connectivity index (χ1) is 11.1. The van der Waals surface area contributed by atoms with Gasteiger partial charge in [0, 0.05) is 11.3 Å². The molecule has 1 aromatic carbocycles. The number of nitrogens with zero attached hydrogens (tertiary/aromatic N) is 2. The Labute approximate surface area is 138 Å². The average molecular weight is 330 g/mol. The SMILES string of the molecule is O=C(O)C[C@H]1Sc2nc3c(n2[C@@]1(O)c1ccccc1)CCCC3. The molecule has 6 heteroatoms. The Kier molecular flexibility index (Phi) is 3.46. The molecule has 0 radical (unpaired) electrons. The van der Waals surface area contributed by atoms with Crippen LogP contribution in [0.3, 0.4) is 0 Å². The molecule has 0 spiro atoms. The van der Waals surface area contributed by atoms with Gasteiger partial charge in [0.05, 0.1) is 17.4 Å². The summed E-state index contributed by atoms with van der Waals surface area (Å²) in [5.41, 5.74) is 1.50. The fourth-order valence-corrected chi connectivity index (χ4v) is 5.04. The molecule has 1 aliphatic carbocycles. The molecule has 4 rings (SSSR count). The highest BCUT2D eigenvalue weighted by Gasteiger charge is 2.51. The molecule has 120 valence electrons. The van der Waals surface area contributed by atoms with Crippen molar-refractivity contribution in [3.63, 3.8) is 0 Å². The van der Waals surface area contributed by atoms with Gasteiger partial charge in [0.25, 0.3) is 0 Å². The Hall–Kier alpha value is -1.79. The number of hydrogen-bond donors (Lipinski definition) is 2. The first-order valence-electron chi connectivity index (χ1n) is 7.88. The molecule has 5 nitrogen and oxygen atoms in total. The number of aliphatic hydroxyl groups is 1. The normalized spacial score (nSPS) is 25.9. The number of aryl methyl sites for hydroxylation is 1. The van der Waals surface area contributed by atoms with Gasteiger partial charge in [0.15, 0.2) is 10.9 Å². The molecule has 1 aliphatic heterocycles. The number of rotatable bonds is 3. The third kappa shape index (κ3) is 2.20. The summed E-state index contributed by atoms with van der Waals surface area (Å²) in [6.45, 7) is 0. The first kappa shape index (κ1) is 14.8. The van der Waals surface area contributed by atoms with Crippen molar-refractivity contribution >= 4 is 17.7 Å². The number of carbonyl (C=O) groups is 1. The molecule has 0 bridgehead atoms. The zero-order valence-electron chi connectivity index (χ0n) is 12.6. The summed E-state index contributed by atoms with van der Waals surface area (Å²) < 4.78 is 1.90. The number of aromatic nitrogens is 2. The van der Waals surface area contributed by atoms with Crippen LogP contribution >= 0.6 is 11.8 Å². The fourth-order valence-electron chi connectivity index (χ4n) is 3.64. The van der Waals surface area contributed by atoms with Crippen molar-refractivity contribution in [3.05, 3.63) is 47.3 Å². The standard InChI is InChI=1S/C17H18N2O3S/c20-15(21)10-14-17(22,11-6-2-1-3-7-11)19-13-9-5-4-8-12(13)18-16(19)23-14/h1-3,6-7,14,22H,4-5,8-10H2,(H,20,21)/t14-,17-/m1/s1. The Balaban J connectivity index is 1.89. The lowest BCUT2D eigenvalue weighted by Gasteiger charge is -2.33. The number of carboxylic acid groups (broad SMARTS) is 1. The first-order valence-corrected chi connectivity index (χ1v) is 8.76. The van der Waals surface area contributed by atoms with Crippen molar-refractivity contribution in [2.24, 2.45) is 0 Å².